The molecule has 84 valence electrons. The highest BCUT2D eigenvalue weighted by molar-refractivity contribution is 14.1. The van der Waals surface area contributed by atoms with Crippen LogP contribution in [-0.4, -0.2) is 0 Å². The molecule has 0 radical (unpaired) electrons. The van der Waals surface area contributed by atoms with Gasteiger partial charge in [-0.2, -0.15) is 0 Å². The average Bonchev–Trinajstić information content (AvgIpc) is 2.24. The van der Waals surface area contributed by atoms with Crippen LogP contribution >= 0.6 is 22.6 Å². The van der Waals surface area contributed by atoms with E-state index in [9.17, 15) is 0 Å². The van der Waals surface area contributed by atoms with Gasteiger partial charge >= 0.3 is 0 Å². The molecule has 2 heteroatoms. The van der Waals surface area contributed by atoms with Crippen molar-refractivity contribution in [2.24, 2.45) is 5.73 Å². The van der Waals surface area contributed by atoms with Crippen LogP contribution in [0.4, 0.5) is 0 Å². The maximum atomic E-state index is 6.14. The van der Waals surface area contributed by atoms with Crippen LogP contribution in [0.3, 0.4) is 0 Å². The Morgan fingerprint density at radius 1 is 1.27 bits per heavy atom. The second-order valence-corrected chi connectivity index (χ2v) is 5.26. The second kappa shape index (κ2) is 7.23. The zero-order valence-corrected chi connectivity index (χ0v) is 11.5. The second-order valence-electron chi connectivity index (χ2n) is 4.01. The lowest BCUT2D eigenvalue weighted by Crippen LogP contribution is -2.10. The highest BCUT2D eigenvalue weighted by atomic mass is 127. The molecule has 0 aliphatic heterocycles. The third-order valence-electron chi connectivity index (χ3n) is 2.65. The van der Waals surface area contributed by atoms with Crippen LogP contribution < -0.4 is 5.73 Å². The van der Waals surface area contributed by atoms with Gasteiger partial charge in [0.05, 0.1) is 0 Å². The Balaban J connectivity index is 2.36. The normalized spacial score (nSPS) is 12.7. The van der Waals surface area contributed by atoms with E-state index >= 15 is 0 Å². The van der Waals surface area contributed by atoms with Crippen molar-refractivity contribution < 1.29 is 0 Å². The van der Waals surface area contributed by atoms with Crippen LogP contribution in [0.5, 0.6) is 0 Å². The first-order valence-electron chi connectivity index (χ1n) is 5.75. The van der Waals surface area contributed by atoms with E-state index in [4.69, 9.17) is 5.73 Å². The monoisotopic (exact) mass is 317 g/mol. The number of hydrogen-bond donors (Lipinski definition) is 1. The van der Waals surface area contributed by atoms with Gasteiger partial charge in [0.2, 0.25) is 0 Å². The van der Waals surface area contributed by atoms with Gasteiger partial charge in [0.1, 0.15) is 0 Å². The molecule has 0 aromatic heterocycles. The standard InChI is InChI=1S/C13H20IN/c1-2-3-4-5-9-13(15)11-7-6-8-12(14)10-11/h6-8,10,13H,2-5,9,15H2,1H3. The number of rotatable bonds is 6. The average molecular weight is 317 g/mol. The Labute approximate surface area is 107 Å². The lowest BCUT2D eigenvalue weighted by Gasteiger charge is -2.11. The van der Waals surface area contributed by atoms with Crippen LogP contribution in [0.2, 0.25) is 0 Å². The Morgan fingerprint density at radius 2 is 2.07 bits per heavy atom. The predicted molar refractivity (Wildman–Crippen MR) is 74.8 cm³/mol. The Kier molecular flexibility index (Phi) is 6.25. The van der Waals surface area contributed by atoms with E-state index in [1.165, 1.54) is 34.8 Å². The van der Waals surface area contributed by atoms with E-state index < -0.39 is 0 Å². The highest BCUT2D eigenvalue weighted by Gasteiger charge is 2.05. The molecule has 0 bridgehead atoms. The van der Waals surface area contributed by atoms with E-state index in [0.717, 1.165) is 6.42 Å². The minimum absolute atomic E-state index is 0.219. The van der Waals surface area contributed by atoms with Crippen LogP contribution in [0, 0.1) is 3.57 Å². The van der Waals surface area contributed by atoms with Crippen molar-refractivity contribution in [1.29, 1.82) is 0 Å². The van der Waals surface area contributed by atoms with Crippen molar-refractivity contribution in [3.63, 3.8) is 0 Å². The molecule has 15 heavy (non-hydrogen) atoms. The summed E-state index contributed by atoms with van der Waals surface area (Å²) in [5.74, 6) is 0. The molecule has 0 spiro atoms. The number of unbranched alkanes of at least 4 members (excludes halogenated alkanes) is 3. The molecule has 0 aliphatic carbocycles. The molecular weight excluding hydrogens is 297 g/mol. The van der Waals surface area contributed by atoms with Gasteiger partial charge < -0.3 is 5.73 Å². The van der Waals surface area contributed by atoms with Crippen molar-refractivity contribution in [3.05, 3.63) is 33.4 Å². The zero-order valence-electron chi connectivity index (χ0n) is 9.38. The summed E-state index contributed by atoms with van der Waals surface area (Å²) in [5, 5.41) is 0. The third-order valence-corrected chi connectivity index (χ3v) is 3.32. The first kappa shape index (κ1) is 13.0. The van der Waals surface area contributed by atoms with Gasteiger partial charge in [0.15, 0.2) is 0 Å². The van der Waals surface area contributed by atoms with Crippen LogP contribution in [-0.2, 0) is 0 Å². The van der Waals surface area contributed by atoms with Crippen molar-refractivity contribution >= 4 is 22.6 Å². The summed E-state index contributed by atoms with van der Waals surface area (Å²) >= 11 is 2.33. The first-order chi connectivity index (χ1) is 7.24. The maximum absolute atomic E-state index is 6.14. The number of nitrogens with two attached hydrogens (primary N) is 1. The summed E-state index contributed by atoms with van der Waals surface area (Å²) in [5.41, 5.74) is 7.42. The molecule has 0 fully saturated rings. The van der Waals surface area contributed by atoms with Crippen molar-refractivity contribution in [2.75, 3.05) is 0 Å². The molecule has 1 aromatic rings. The lowest BCUT2D eigenvalue weighted by atomic mass is 10.0. The molecule has 0 heterocycles. The van der Waals surface area contributed by atoms with Crippen LogP contribution in [0.1, 0.15) is 50.6 Å². The quantitative estimate of drug-likeness (QED) is 0.616. The van der Waals surface area contributed by atoms with E-state index in [-0.39, 0.29) is 6.04 Å². The number of hydrogen-bond acceptors (Lipinski definition) is 1. The molecule has 1 nitrogen and oxygen atoms in total. The minimum Gasteiger partial charge on any atom is -0.324 e. The van der Waals surface area contributed by atoms with Gasteiger partial charge in [-0.1, -0.05) is 44.7 Å². The van der Waals surface area contributed by atoms with Crippen molar-refractivity contribution in [3.8, 4) is 0 Å². The van der Waals surface area contributed by atoms with E-state index in [1.807, 2.05) is 0 Å². The largest absolute Gasteiger partial charge is 0.324 e. The van der Waals surface area contributed by atoms with Crippen molar-refractivity contribution in [2.45, 2.75) is 45.1 Å². The van der Waals surface area contributed by atoms with Crippen LogP contribution in [0.15, 0.2) is 24.3 Å². The van der Waals surface area contributed by atoms with Crippen LogP contribution in [0.25, 0.3) is 0 Å². The summed E-state index contributed by atoms with van der Waals surface area (Å²) in [6, 6.07) is 8.73. The molecule has 1 aromatic carbocycles. The fourth-order valence-electron chi connectivity index (χ4n) is 1.69. The van der Waals surface area contributed by atoms with Gasteiger partial charge in [-0.25, -0.2) is 0 Å². The third kappa shape index (κ3) is 4.98. The SMILES string of the molecule is CCCCCCC(N)c1cccc(I)c1. The molecule has 0 amide bonds. The summed E-state index contributed by atoms with van der Waals surface area (Å²) < 4.78 is 1.27. The van der Waals surface area contributed by atoms with E-state index in [0.29, 0.717) is 0 Å². The fourth-order valence-corrected chi connectivity index (χ4v) is 2.26. The lowest BCUT2D eigenvalue weighted by molar-refractivity contribution is 0.566. The summed E-state index contributed by atoms with van der Waals surface area (Å²) in [6.07, 6.45) is 6.30. The van der Waals surface area contributed by atoms with E-state index in [1.54, 1.807) is 0 Å². The van der Waals surface area contributed by atoms with Gasteiger partial charge in [-0.15, -0.1) is 0 Å². The summed E-state index contributed by atoms with van der Waals surface area (Å²) in [7, 11) is 0. The predicted octanol–water partition coefficient (Wildman–Crippen LogP) is 4.26. The highest BCUT2D eigenvalue weighted by Crippen LogP contribution is 2.19. The molecule has 1 atom stereocenters. The summed E-state index contributed by atoms with van der Waals surface area (Å²) in [4.78, 5) is 0. The number of benzene rings is 1. The Hall–Kier alpha value is -0.0900. The molecule has 1 unspecified atom stereocenters. The molecule has 1 rings (SSSR count). The molecule has 2 N–H and O–H groups in total. The minimum atomic E-state index is 0.219. The van der Waals surface area contributed by atoms with Gasteiger partial charge in [0, 0.05) is 9.61 Å². The van der Waals surface area contributed by atoms with Gasteiger partial charge in [-0.05, 0) is 46.7 Å². The molecule has 0 saturated heterocycles. The topological polar surface area (TPSA) is 26.0 Å². The molecule has 0 saturated carbocycles. The van der Waals surface area contributed by atoms with Crippen molar-refractivity contribution in [1.82, 2.24) is 0 Å². The first-order valence-corrected chi connectivity index (χ1v) is 6.83. The maximum Gasteiger partial charge on any atom is 0.0295 e. The van der Waals surface area contributed by atoms with Gasteiger partial charge in [0.25, 0.3) is 0 Å². The Bertz CT molecular complexity index is 286. The zero-order chi connectivity index (χ0) is 11.1. The Morgan fingerprint density at radius 3 is 2.73 bits per heavy atom. The summed E-state index contributed by atoms with van der Waals surface area (Å²) in [6.45, 7) is 2.24. The number of halogens is 1. The van der Waals surface area contributed by atoms with E-state index in [2.05, 4.69) is 53.8 Å². The molecule has 0 aliphatic rings. The molecular formula is C13H20IN. The smallest absolute Gasteiger partial charge is 0.0295 e. The van der Waals surface area contributed by atoms with Gasteiger partial charge in [-0.3, -0.25) is 0 Å². The fraction of sp³-hybridized carbons (Fsp3) is 0.538.